The number of imidazole rings is 1. The molecule has 0 fully saturated rings. The number of aromatic nitrogens is 4. The van der Waals surface area contributed by atoms with Gasteiger partial charge in [0.05, 0.1) is 6.33 Å². The summed E-state index contributed by atoms with van der Waals surface area (Å²) in [4.78, 5) is 26.6. The van der Waals surface area contributed by atoms with Gasteiger partial charge in [-0.3, -0.25) is 9.88 Å². The van der Waals surface area contributed by atoms with Crippen LogP contribution in [0, 0.1) is 6.92 Å². The number of ether oxygens (including phenoxy) is 1. The molecular formula is C30H29N5O2. The van der Waals surface area contributed by atoms with E-state index in [2.05, 4.69) is 51.3 Å². The van der Waals surface area contributed by atoms with Crippen molar-refractivity contribution in [2.24, 2.45) is 0 Å². The second-order valence-electron chi connectivity index (χ2n) is 9.84. The molecule has 0 aliphatic carbocycles. The molecule has 2 heterocycles. The van der Waals surface area contributed by atoms with Gasteiger partial charge in [0.25, 0.3) is 0 Å². The first-order chi connectivity index (χ1) is 17.8. The molecule has 0 unspecified atom stereocenters. The molecule has 1 N–H and O–H groups in total. The van der Waals surface area contributed by atoms with E-state index in [-0.39, 0.29) is 0 Å². The predicted molar refractivity (Wildman–Crippen MR) is 145 cm³/mol. The summed E-state index contributed by atoms with van der Waals surface area (Å²) in [5, 5.41) is 2.78. The number of nitrogens with zero attached hydrogens (tertiary/aromatic N) is 4. The standard InChI is InChI=1S/C30H29N5O2/c1-21-32-26(34-28(36)37-29(2,3)4)25-27(33-21)35(20-31-25)30(22-14-8-5-9-15-22,23-16-10-6-11-17-23)24-18-12-7-13-19-24/h5-20H,1-4H3,(H,32,33,34,36). The highest BCUT2D eigenvalue weighted by atomic mass is 16.6. The molecule has 0 atom stereocenters. The van der Waals surface area contributed by atoms with E-state index in [0.29, 0.717) is 22.8 Å². The highest BCUT2D eigenvalue weighted by Crippen LogP contribution is 2.42. The Morgan fingerprint density at radius 1 is 0.784 bits per heavy atom. The Labute approximate surface area is 216 Å². The highest BCUT2D eigenvalue weighted by molar-refractivity contribution is 5.94. The van der Waals surface area contributed by atoms with Gasteiger partial charge in [0.1, 0.15) is 17.0 Å². The van der Waals surface area contributed by atoms with Crippen molar-refractivity contribution < 1.29 is 9.53 Å². The highest BCUT2D eigenvalue weighted by Gasteiger charge is 2.40. The van der Waals surface area contributed by atoms with Crippen molar-refractivity contribution >= 4 is 23.1 Å². The Bertz CT molecular complexity index is 1430. The number of anilines is 1. The molecule has 5 aromatic rings. The average Bonchev–Trinajstić information content (AvgIpc) is 3.30. The number of fused-ring (bicyclic) bond motifs is 1. The van der Waals surface area contributed by atoms with Crippen molar-refractivity contribution in [3.63, 3.8) is 0 Å². The van der Waals surface area contributed by atoms with Crippen LogP contribution >= 0.6 is 0 Å². The molecule has 0 saturated carbocycles. The minimum Gasteiger partial charge on any atom is -0.444 e. The smallest absolute Gasteiger partial charge is 0.413 e. The van der Waals surface area contributed by atoms with Crippen LogP contribution in [0.5, 0.6) is 0 Å². The lowest BCUT2D eigenvalue weighted by Crippen LogP contribution is -2.37. The summed E-state index contributed by atoms with van der Waals surface area (Å²) < 4.78 is 7.53. The van der Waals surface area contributed by atoms with Crippen LogP contribution in [-0.2, 0) is 10.3 Å². The number of hydrogen-bond acceptors (Lipinski definition) is 5. The minimum atomic E-state index is -0.789. The largest absolute Gasteiger partial charge is 0.444 e. The number of aryl methyl sites for hydroxylation is 1. The monoisotopic (exact) mass is 491 g/mol. The number of carbonyl (C=O) groups is 1. The number of carbonyl (C=O) groups excluding carboxylic acids is 1. The van der Waals surface area contributed by atoms with Crippen molar-refractivity contribution in [1.29, 1.82) is 0 Å². The van der Waals surface area contributed by atoms with Gasteiger partial charge in [-0.15, -0.1) is 0 Å². The van der Waals surface area contributed by atoms with Crippen molar-refractivity contribution in [3.8, 4) is 0 Å². The molecule has 1 amide bonds. The van der Waals surface area contributed by atoms with Crippen molar-refractivity contribution in [1.82, 2.24) is 19.5 Å². The maximum absolute atomic E-state index is 12.6. The summed E-state index contributed by atoms with van der Waals surface area (Å²) in [5.41, 5.74) is 2.77. The third-order valence-corrected chi connectivity index (χ3v) is 6.06. The first kappa shape index (κ1) is 24.2. The van der Waals surface area contributed by atoms with Gasteiger partial charge in [-0.1, -0.05) is 91.0 Å². The molecule has 7 nitrogen and oxygen atoms in total. The lowest BCUT2D eigenvalue weighted by atomic mass is 9.76. The van der Waals surface area contributed by atoms with Crippen LogP contribution in [0.1, 0.15) is 43.3 Å². The molecule has 7 heteroatoms. The van der Waals surface area contributed by atoms with Gasteiger partial charge in [0.2, 0.25) is 0 Å². The Balaban J connectivity index is 1.81. The van der Waals surface area contributed by atoms with Gasteiger partial charge in [-0.25, -0.2) is 19.7 Å². The van der Waals surface area contributed by atoms with Gasteiger partial charge < -0.3 is 4.74 Å². The predicted octanol–water partition coefficient (Wildman–Crippen LogP) is 6.32. The third-order valence-electron chi connectivity index (χ3n) is 6.06. The Morgan fingerprint density at radius 2 is 1.27 bits per heavy atom. The van der Waals surface area contributed by atoms with Crippen LogP contribution in [-0.4, -0.2) is 31.2 Å². The lowest BCUT2D eigenvalue weighted by molar-refractivity contribution is 0.0635. The van der Waals surface area contributed by atoms with Crippen LogP contribution < -0.4 is 5.32 Å². The molecule has 0 spiro atoms. The van der Waals surface area contributed by atoms with E-state index < -0.39 is 17.2 Å². The zero-order valence-electron chi connectivity index (χ0n) is 21.3. The first-order valence-electron chi connectivity index (χ1n) is 12.2. The van der Waals surface area contributed by atoms with Crippen LogP contribution in [0.15, 0.2) is 97.3 Å². The lowest BCUT2D eigenvalue weighted by Gasteiger charge is -2.37. The van der Waals surface area contributed by atoms with Crippen molar-refractivity contribution in [2.75, 3.05) is 5.32 Å². The molecule has 186 valence electrons. The summed E-state index contributed by atoms with van der Waals surface area (Å²) in [6, 6.07) is 30.9. The van der Waals surface area contributed by atoms with Gasteiger partial charge in [0, 0.05) is 0 Å². The fourth-order valence-corrected chi connectivity index (χ4v) is 4.70. The fourth-order valence-electron chi connectivity index (χ4n) is 4.70. The average molecular weight is 492 g/mol. The van der Waals surface area contributed by atoms with Crippen molar-refractivity contribution in [2.45, 2.75) is 38.8 Å². The molecule has 0 saturated heterocycles. The van der Waals surface area contributed by atoms with E-state index in [1.165, 1.54) is 0 Å². The molecular weight excluding hydrogens is 462 g/mol. The molecule has 2 aromatic heterocycles. The minimum absolute atomic E-state index is 0.304. The van der Waals surface area contributed by atoms with E-state index in [9.17, 15) is 4.79 Å². The van der Waals surface area contributed by atoms with E-state index in [1.807, 2.05) is 75.4 Å². The van der Waals surface area contributed by atoms with E-state index in [0.717, 1.165) is 16.7 Å². The third kappa shape index (κ3) is 4.56. The van der Waals surface area contributed by atoms with E-state index in [4.69, 9.17) is 14.7 Å². The van der Waals surface area contributed by atoms with Crippen LogP contribution in [0.4, 0.5) is 10.6 Å². The molecule has 5 rings (SSSR count). The van der Waals surface area contributed by atoms with Crippen molar-refractivity contribution in [3.05, 3.63) is 120 Å². The Kier molecular flexibility index (Phi) is 6.21. The molecule has 37 heavy (non-hydrogen) atoms. The van der Waals surface area contributed by atoms with Crippen LogP contribution in [0.3, 0.4) is 0 Å². The summed E-state index contributed by atoms with van der Waals surface area (Å²) in [5.74, 6) is 0.807. The Hall–Kier alpha value is -4.52. The summed E-state index contributed by atoms with van der Waals surface area (Å²) in [6.45, 7) is 7.24. The van der Waals surface area contributed by atoms with Crippen LogP contribution in [0.25, 0.3) is 11.2 Å². The first-order valence-corrected chi connectivity index (χ1v) is 12.2. The fraction of sp³-hybridized carbons (Fsp3) is 0.200. The summed E-state index contributed by atoms with van der Waals surface area (Å²) in [7, 11) is 0. The normalized spacial score (nSPS) is 11.9. The van der Waals surface area contributed by atoms with Gasteiger partial charge in [-0.2, -0.15) is 0 Å². The number of amides is 1. The van der Waals surface area contributed by atoms with Gasteiger partial charge >= 0.3 is 6.09 Å². The maximum Gasteiger partial charge on any atom is 0.413 e. The zero-order chi connectivity index (χ0) is 26.0. The SMILES string of the molecule is Cc1nc(NC(=O)OC(C)(C)C)c2ncn(C(c3ccccc3)(c3ccccc3)c3ccccc3)c2n1. The Morgan fingerprint density at radius 3 is 1.73 bits per heavy atom. The topological polar surface area (TPSA) is 81.9 Å². The van der Waals surface area contributed by atoms with E-state index in [1.54, 1.807) is 13.3 Å². The second kappa shape index (κ2) is 9.50. The van der Waals surface area contributed by atoms with Crippen LogP contribution in [0.2, 0.25) is 0 Å². The molecule has 0 bridgehead atoms. The quantitative estimate of drug-likeness (QED) is 0.291. The molecule has 3 aromatic carbocycles. The maximum atomic E-state index is 12.6. The zero-order valence-corrected chi connectivity index (χ0v) is 21.3. The van der Waals surface area contributed by atoms with Gasteiger partial charge in [0.15, 0.2) is 17.0 Å². The number of hydrogen-bond donors (Lipinski definition) is 1. The second-order valence-corrected chi connectivity index (χ2v) is 9.84. The molecule has 0 radical (unpaired) electrons. The molecule has 0 aliphatic rings. The molecule has 0 aliphatic heterocycles. The van der Waals surface area contributed by atoms with E-state index >= 15 is 0 Å². The summed E-state index contributed by atoms with van der Waals surface area (Å²) >= 11 is 0. The number of benzene rings is 3. The van der Waals surface area contributed by atoms with Gasteiger partial charge in [-0.05, 0) is 44.4 Å². The number of nitrogens with one attached hydrogen (secondary N) is 1. The summed E-state index contributed by atoms with van der Waals surface area (Å²) in [6.07, 6.45) is 1.17. The number of rotatable bonds is 5.